The van der Waals surface area contributed by atoms with E-state index in [-0.39, 0.29) is 18.1 Å². The third kappa shape index (κ3) is 3.13. The zero-order valence-electron chi connectivity index (χ0n) is 10.5. The number of carboxylic acids is 1. The van der Waals surface area contributed by atoms with Gasteiger partial charge in [0.25, 0.3) is 0 Å². The summed E-state index contributed by atoms with van der Waals surface area (Å²) in [6, 6.07) is 7.02. The lowest BCUT2D eigenvalue weighted by Gasteiger charge is -2.16. The lowest BCUT2D eigenvalue weighted by molar-refractivity contribution is -0.133. The van der Waals surface area contributed by atoms with Crippen molar-refractivity contribution in [3.8, 4) is 5.75 Å². The second kappa shape index (κ2) is 5.56. The van der Waals surface area contributed by atoms with Gasteiger partial charge < -0.3 is 14.7 Å². The van der Waals surface area contributed by atoms with Gasteiger partial charge in [0.2, 0.25) is 5.91 Å². The highest BCUT2D eigenvalue weighted by Crippen LogP contribution is 2.23. The molecule has 19 heavy (non-hydrogen) atoms. The predicted octanol–water partition coefficient (Wildman–Crippen LogP) is 1.83. The average molecular weight is 261 g/mol. The van der Waals surface area contributed by atoms with Crippen LogP contribution in [0.1, 0.15) is 12.8 Å². The van der Waals surface area contributed by atoms with Crippen LogP contribution in [0.3, 0.4) is 0 Å². The maximum atomic E-state index is 11.6. The number of anilines is 1. The minimum Gasteiger partial charge on any atom is -0.489 e. The number of benzene rings is 1. The monoisotopic (exact) mass is 261 g/mol. The molecule has 0 atom stereocenters. The summed E-state index contributed by atoms with van der Waals surface area (Å²) < 4.78 is 5.29. The number of carboxylic acid groups (broad SMARTS) is 1. The molecule has 5 heteroatoms. The molecule has 0 spiro atoms. The number of rotatable bonds is 5. The number of ether oxygens (including phenoxy) is 1. The van der Waals surface area contributed by atoms with Gasteiger partial charge in [-0.3, -0.25) is 4.79 Å². The van der Waals surface area contributed by atoms with Crippen molar-refractivity contribution < 1.29 is 19.4 Å². The Morgan fingerprint density at radius 2 is 2.05 bits per heavy atom. The lowest BCUT2D eigenvalue weighted by Crippen LogP contribution is -2.23. The standard InChI is InChI=1S/C14H15NO4/c1-10(14(17)18)9-19-12-6-4-11(5-7-12)15-8-2-3-13(15)16/h4-7H,1-3,8-9H2,(H,17,18). The Bertz CT molecular complexity index is 507. The second-order valence-corrected chi connectivity index (χ2v) is 4.34. The summed E-state index contributed by atoms with van der Waals surface area (Å²) in [6.45, 7) is 4.07. The number of aliphatic carboxylic acids is 1. The Kier molecular flexibility index (Phi) is 3.85. The van der Waals surface area contributed by atoms with Gasteiger partial charge in [0.15, 0.2) is 0 Å². The number of hydrogen-bond acceptors (Lipinski definition) is 3. The number of amides is 1. The Balaban J connectivity index is 1.97. The molecule has 1 aliphatic heterocycles. The van der Waals surface area contributed by atoms with Crippen molar-refractivity contribution in [2.45, 2.75) is 12.8 Å². The van der Waals surface area contributed by atoms with E-state index < -0.39 is 5.97 Å². The first-order valence-electron chi connectivity index (χ1n) is 6.02. The number of carbonyl (C=O) groups is 2. The first-order chi connectivity index (χ1) is 9.08. The van der Waals surface area contributed by atoms with E-state index in [2.05, 4.69) is 6.58 Å². The first-order valence-corrected chi connectivity index (χ1v) is 6.02. The molecule has 0 saturated carbocycles. The van der Waals surface area contributed by atoms with Crippen molar-refractivity contribution in [2.75, 3.05) is 18.1 Å². The molecule has 1 aliphatic rings. The van der Waals surface area contributed by atoms with E-state index >= 15 is 0 Å². The summed E-state index contributed by atoms with van der Waals surface area (Å²) in [5.74, 6) is -0.384. The van der Waals surface area contributed by atoms with Crippen molar-refractivity contribution >= 4 is 17.6 Å². The number of hydrogen-bond donors (Lipinski definition) is 1. The Hall–Kier alpha value is -2.30. The molecule has 1 aromatic rings. The van der Waals surface area contributed by atoms with E-state index in [0.29, 0.717) is 12.2 Å². The zero-order valence-corrected chi connectivity index (χ0v) is 10.5. The van der Waals surface area contributed by atoms with Crippen LogP contribution in [-0.4, -0.2) is 30.1 Å². The molecule has 2 rings (SSSR count). The summed E-state index contributed by atoms with van der Waals surface area (Å²) >= 11 is 0. The average Bonchev–Trinajstić information content (AvgIpc) is 2.82. The summed E-state index contributed by atoms with van der Waals surface area (Å²) in [4.78, 5) is 23.9. The number of nitrogens with zero attached hydrogens (tertiary/aromatic N) is 1. The Labute approximate surface area is 111 Å². The first kappa shape index (κ1) is 13.1. The molecule has 0 radical (unpaired) electrons. The van der Waals surface area contributed by atoms with Gasteiger partial charge in [-0.05, 0) is 30.7 Å². The van der Waals surface area contributed by atoms with Gasteiger partial charge in [-0.15, -0.1) is 0 Å². The molecule has 0 aromatic heterocycles. The second-order valence-electron chi connectivity index (χ2n) is 4.34. The van der Waals surface area contributed by atoms with E-state index in [1.54, 1.807) is 29.2 Å². The van der Waals surface area contributed by atoms with Crippen LogP contribution < -0.4 is 9.64 Å². The zero-order chi connectivity index (χ0) is 13.8. The SMILES string of the molecule is C=C(COc1ccc(N2CCCC2=O)cc1)C(=O)O. The molecule has 100 valence electrons. The molecule has 1 heterocycles. The summed E-state index contributed by atoms with van der Waals surface area (Å²) in [7, 11) is 0. The van der Waals surface area contributed by atoms with Crippen molar-refractivity contribution in [1.82, 2.24) is 0 Å². The fraction of sp³-hybridized carbons (Fsp3) is 0.286. The number of carbonyl (C=O) groups excluding carboxylic acids is 1. The topological polar surface area (TPSA) is 66.8 Å². The molecule has 1 amide bonds. The minimum atomic E-state index is -1.07. The highest BCUT2D eigenvalue weighted by atomic mass is 16.5. The molecular formula is C14H15NO4. The van der Waals surface area contributed by atoms with Crippen LogP contribution in [0.5, 0.6) is 5.75 Å². The smallest absolute Gasteiger partial charge is 0.334 e. The molecule has 1 saturated heterocycles. The maximum Gasteiger partial charge on any atom is 0.334 e. The summed E-state index contributed by atoms with van der Waals surface area (Å²) in [5.41, 5.74) is 0.839. The van der Waals surface area contributed by atoms with Crippen molar-refractivity contribution in [1.29, 1.82) is 0 Å². The van der Waals surface area contributed by atoms with E-state index in [4.69, 9.17) is 9.84 Å². The fourth-order valence-electron chi connectivity index (χ4n) is 1.88. The van der Waals surface area contributed by atoms with E-state index in [1.807, 2.05) is 0 Å². The van der Waals surface area contributed by atoms with E-state index in [1.165, 1.54) is 0 Å². The van der Waals surface area contributed by atoms with Gasteiger partial charge in [0.05, 0.1) is 5.57 Å². The van der Waals surface area contributed by atoms with Crippen molar-refractivity contribution in [3.05, 3.63) is 36.4 Å². The lowest BCUT2D eigenvalue weighted by atomic mass is 10.2. The predicted molar refractivity (Wildman–Crippen MR) is 70.3 cm³/mol. The van der Waals surface area contributed by atoms with Crippen molar-refractivity contribution in [2.24, 2.45) is 0 Å². The van der Waals surface area contributed by atoms with Gasteiger partial charge in [0.1, 0.15) is 12.4 Å². The quantitative estimate of drug-likeness (QED) is 0.821. The van der Waals surface area contributed by atoms with Gasteiger partial charge in [-0.25, -0.2) is 4.79 Å². The molecule has 1 aromatic carbocycles. The molecule has 1 N–H and O–H groups in total. The molecule has 1 fully saturated rings. The maximum absolute atomic E-state index is 11.6. The van der Waals surface area contributed by atoms with Gasteiger partial charge in [-0.2, -0.15) is 0 Å². The molecule has 0 bridgehead atoms. The fourth-order valence-corrected chi connectivity index (χ4v) is 1.88. The normalized spacial score (nSPS) is 14.5. The highest BCUT2D eigenvalue weighted by Gasteiger charge is 2.21. The van der Waals surface area contributed by atoms with Crippen LogP contribution in [0, 0.1) is 0 Å². The summed E-state index contributed by atoms with van der Waals surface area (Å²) in [6.07, 6.45) is 1.48. The molecule has 5 nitrogen and oxygen atoms in total. The van der Waals surface area contributed by atoms with Gasteiger partial charge in [0, 0.05) is 18.7 Å². The Morgan fingerprint density at radius 1 is 1.37 bits per heavy atom. The van der Waals surface area contributed by atoms with Gasteiger partial charge in [-0.1, -0.05) is 6.58 Å². The largest absolute Gasteiger partial charge is 0.489 e. The minimum absolute atomic E-state index is 0.00111. The van der Waals surface area contributed by atoms with Crippen molar-refractivity contribution in [3.63, 3.8) is 0 Å². The molecule has 0 unspecified atom stereocenters. The molecule has 0 aliphatic carbocycles. The van der Waals surface area contributed by atoms with Gasteiger partial charge >= 0.3 is 5.97 Å². The summed E-state index contributed by atoms with van der Waals surface area (Å²) in [5, 5.41) is 8.65. The third-order valence-electron chi connectivity index (χ3n) is 2.94. The van der Waals surface area contributed by atoms with Crippen LogP contribution in [0.15, 0.2) is 36.4 Å². The van der Waals surface area contributed by atoms with Crippen LogP contribution in [0.4, 0.5) is 5.69 Å². The van der Waals surface area contributed by atoms with Crippen LogP contribution in [0.25, 0.3) is 0 Å². The van der Waals surface area contributed by atoms with Crippen LogP contribution in [0.2, 0.25) is 0 Å². The third-order valence-corrected chi connectivity index (χ3v) is 2.94. The molecular weight excluding hydrogens is 246 g/mol. The highest BCUT2D eigenvalue weighted by molar-refractivity contribution is 5.95. The Morgan fingerprint density at radius 3 is 2.58 bits per heavy atom. The van der Waals surface area contributed by atoms with Crippen LogP contribution in [-0.2, 0) is 9.59 Å². The van der Waals surface area contributed by atoms with E-state index in [0.717, 1.165) is 18.7 Å². The van der Waals surface area contributed by atoms with Crippen LogP contribution >= 0.6 is 0 Å². The van der Waals surface area contributed by atoms with E-state index in [9.17, 15) is 9.59 Å².